The van der Waals surface area contributed by atoms with E-state index in [0.29, 0.717) is 5.69 Å². The van der Waals surface area contributed by atoms with Crippen LogP contribution in [0.4, 0.5) is 11.5 Å². The van der Waals surface area contributed by atoms with E-state index in [1.165, 1.54) is 36.1 Å². The first kappa shape index (κ1) is 20.3. The van der Waals surface area contributed by atoms with Crippen LogP contribution in [-0.4, -0.2) is 43.0 Å². The third-order valence-electron chi connectivity index (χ3n) is 4.60. The Bertz CT molecular complexity index is 929. The number of aromatic nitrogens is 2. The number of amides is 1. The van der Waals surface area contributed by atoms with Gasteiger partial charge in [0.2, 0.25) is 10.0 Å². The van der Waals surface area contributed by atoms with Crippen LogP contribution in [0.15, 0.2) is 35.5 Å². The van der Waals surface area contributed by atoms with E-state index in [1.807, 2.05) is 12.1 Å². The quantitative estimate of drug-likeness (QED) is 0.769. The first-order valence-corrected chi connectivity index (χ1v) is 11.0. The summed E-state index contributed by atoms with van der Waals surface area (Å²) >= 11 is 0. The van der Waals surface area contributed by atoms with Crippen molar-refractivity contribution in [3.05, 3.63) is 36.3 Å². The highest BCUT2D eigenvalue weighted by Crippen LogP contribution is 2.20. The second kappa shape index (κ2) is 8.32. The molecular formula is C19H27N5O3S. The number of sulfonamides is 1. The maximum atomic E-state index is 12.6. The molecule has 1 aliphatic heterocycles. The monoisotopic (exact) mass is 405 g/mol. The second-order valence-electron chi connectivity index (χ2n) is 7.35. The van der Waals surface area contributed by atoms with Gasteiger partial charge in [0.1, 0.15) is 16.4 Å². The third kappa shape index (κ3) is 4.71. The summed E-state index contributed by atoms with van der Waals surface area (Å²) in [6.07, 6.45) is 6.65. The van der Waals surface area contributed by atoms with Crippen LogP contribution in [0.25, 0.3) is 0 Å². The molecule has 0 unspecified atom stereocenters. The fourth-order valence-corrected chi connectivity index (χ4v) is 4.57. The smallest absolute Gasteiger partial charge is 0.272 e. The zero-order valence-corrected chi connectivity index (χ0v) is 17.3. The van der Waals surface area contributed by atoms with E-state index < -0.39 is 10.0 Å². The molecule has 0 aromatic carbocycles. The molecule has 152 valence electrons. The summed E-state index contributed by atoms with van der Waals surface area (Å²) in [5.74, 6) is 0.519. The van der Waals surface area contributed by atoms with Gasteiger partial charge in [0.25, 0.3) is 5.91 Å². The van der Waals surface area contributed by atoms with E-state index in [1.54, 1.807) is 27.1 Å². The molecule has 1 amide bonds. The molecule has 0 atom stereocenters. The Morgan fingerprint density at radius 1 is 1.18 bits per heavy atom. The van der Waals surface area contributed by atoms with Crippen LogP contribution in [0.5, 0.6) is 0 Å². The lowest BCUT2D eigenvalue weighted by atomic mass is 10.1. The van der Waals surface area contributed by atoms with Gasteiger partial charge in [0.15, 0.2) is 0 Å². The molecular weight excluding hydrogens is 378 g/mol. The fourth-order valence-electron chi connectivity index (χ4n) is 3.25. The summed E-state index contributed by atoms with van der Waals surface area (Å²) in [6.45, 7) is 5.50. The number of pyridine rings is 1. The van der Waals surface area contributed by atoms with Crippen molar-refractivity contribution in [1.29, 1.82) is 0 Å². The number of nitrogens with one attached hydrogen (secondary N) is 2. The van der Waals surface area contributed by atoms with E-state index in [-0.39, 0.29) is 22.5 Å². The molecule has 1 saturated heterocycles. The second-order valence-corrected chi connectivity index (χ2v) is 9.07. The number of rotatable bonds is 6. The van der Waals surface area contributed by atoms with Crippen LogP contribution in [0.1, 0.15) is 43.6 Å². The highest BCUT2D eigenvalue weighted by atomic mass is 32.2. The Labute approximate surface area is 166 Å². The normalized spacial score (nSPS) is 15.1. The van der Waals surface area contributed by atoms with Crippen LogP contribution in [0.3, 0.4) is 0 Å². The number of hydrogen-bond donors (Lipinski definition) is 2. The number of carbonyl (C=O) groups is 1. The molecule has 0 radical (unpaired) electrons. The highest BCUT2D eigenvalue weighted by molar-refractivity contribution is 7.89. The molecule has 2 aromatic rings. The zero-order valence-electron chi connectivity index (χ0n) is 16.5. The Kier molecular flexibility index (Phi) is 6.04. The summed E-state index contributed by atoms with van der Waals surface area (Å²) in [7, 11) is -2.01. The SMILES string of the molecule is CC(C)NS(=O)(=O)c1cc(C(=O)Nc2ccc(N3CCCCC3)nc2)n(C)c1. The third-order valence-corrected chi connectivity index (χ3v) is 6.23. The Morgan fingerprint density at radius 3 is 2.50 bits per heavy atom. The number of piperidine rings is 1. The van der Waals surface area contributed by atoms with E-state index in [9.17, 15) is 13.2 Å². The predicted octanol–water partition coefficient (Wildman–Crippen LogP) is 2.35. The van der Waals surface area contributed by atoms with Crippen molar-refractivity contribution in [2.24, 2.45) is 7.05 Å². The molecule has 2 N–H and O–H groups in total. The maximum absolute atomic E-state index is 12.6. The van der Waals surface area contributed by atoms with Crippen LogP contribution < -0.4 is 14.9 Å². The van der Waals surface area contributed by atoms with Gasteiger partial charge in [0.05, 0.1) is 11.9 Å². The molecule has 3 rings (SSSR count). The van der Waals surface area contributed by atoms with Crippen molar-refractivity contribution < 1.29 is 13.2 Å². The lowest BCUT2D eigenvalue weighted by molar-refractivity contribution is 0.101. The van der Waals surface area contributed by atoms with Crippen molar-refractivity contribution >= 4 is 27.4 Å². The molecule has 9 heteroatoms. The first-order valence-electron chi connectivity index (χ1n) is 9.47. The number of carbonyl (C=O) groups excluding carboxylic acids is 1. The number of hydrogen-bond acceptors (Lipinski definition) is 5. The Morgan fingerprint density at radius 2 is 1.89 bits per heavy atom. The first-order chi connectivity index (χ1) is 13.3. The van der Waals surface area contributed by atoms with Gasteiger partial charge in [-0.15, -0.1) is 0 Å². The minimum atomic E-state index is -3.65. The van der Waals surface area contributed by atoms with Crippen LogP contribution in [-0.2, 0) is 17.1 Å². The lowest BCUT2D eigenvalue weighted by Crippen LogP contribution is -2.30. The highest BCUT2D eigenvalue weighted by Gasteiger charge is 2.21. The average molecular weight is 406 g/mol. The molecule has 0 aliphatic carbocycles. The van der Waals surface area contributed by atoms with E-state index in [4.69, 9.17) is 0 Å². The molecule has 0 saturated carbocycles. The van der Waals surface area contributed by atoms with Crippen molar-refractivity contribution in [3.8, 4) is 0 Å². The summed E-state index contributed by atoms with van der Waals surface area (Å²) in [4.78, 5) is 19.3. The van der Waals surface area contributed by atoms with Crippen LogP contribution in [0.2, 0.25) is 0 Å². The van der Waals surface area contributed by atoms with Crippen molar-refractivity contribution in [2.45, 2.75) is 44.0 Å². The number of aryl methyl sites for hydroxylation is 1. The van der Waals surface area contributed by atoms with E-state index >= 15 is 0 Å². The standard InChI is InChI=1S/C19H27N5O3S/c1-14(2)22-28(26,27)16-11-17(23(3)13-16)19(25)21-15-7-8-18(20-12-15)24-9-5-4-6-10-24/h7-8,11-14,22H,4-6,9-10H2,1-3H3,(H,21,25). The maximum Gasteiger partial charge on any atom is 0.272 e. The van der Waals surface area contributed by atoms with Crippen molar-refractivity contribution in [2.75, 3.05) is 23.3 Å². The van der Waals surface area contributed by atoms with Crippen molar-refractivity contribution in [1.82, 2.24) is 14.3 Å². The fraction of sp³-hybridized carbons (Fsp3) is 0.474. The van der Waals surface area contributed by atoms with Gasteiger partial charge in [-0.1, -0.05) is 0 Å². The predicted molar refractivity (Wildman–Crippen MR) is 109 cm³/mol. The van der Waals surface area contributed by atoms with Gasteiger partial charge < -0.3 is 14.8 Å². The molecule has 3 heterocycles. The van der Waals surface area contributed by atoms with Crippen LogP contribution in [0, 0.1) is 0 Å². The minimum Gasteiger partial charge on any atom is -0.357 e. The van der Waals surface area contributed by atoms with Gasteiger partial charge in [-0.3, -0.25) is 4.79 Å². The summed E-state index contributed by atoms with van der Waals surface area (Å²) < 4.78 is 28.6. The molecule has 0 bridgehead atoms. The van der Waals surface area contributed by atoms with Gasteiger partial charge in [-0.05, 0) is 51.3 Å². The summed E-state index contributed by atoms with van der Waals surface area (Å²) in [5.41, 5.74) is 0.820. The number of anilines is 2. The molecule has 1 fully saturated rings. The Balaban J connectivity index is 1.71. The molecule has 2 aromatic heterocycles. The molecule has 0 spiro atoms. The zero-order chi connectivity index (χ0) is 20.3. The minimum absolute atomic E-state index is 0.0624. The summed E-state index contributed by atoms with van der Waals surface area (Å²) in [6, 6.07) is 4.85. The van der Waals surface area contributed by atoms with E-state index in [0.717, 1.165) is 18.9 Å². The van der Waals surface area contributed by atoms with E-state index in [2.05, 4.69) is 19.9 Å². The summed E-state index contributed by atoms with van der Waals surface area (Å²) in [5, 5.41) is 2.78. The molecule has 8 nitrogen and oxygen atoms in total. The topological polar surface area (TPSA) is 96.3 Å². The van der Waals surface area contributed by atoms with Crippen LogP contribution >= 0.6 is 0 Å². The lowest BCUT2D eigenvalue weighted by Gasteiger charge is -2.27. The Hall–Kier alpha value is -2.39. The van der Waals surface area contributed by atoms with Gasteiger partial charge in [-0.25, -0.2) is 18.1 Å². The van der Waals surface area contributed by atoms with Gasteiger partial charge in [0, 0.05) is 32.4 Å². The van der Waals surface area contributed by atoms with Crippen molar-refractivity contribution in [3.63, 3.8) is 0 Å². The average Bonchev–Trinajstić information content (AvgIpc) is 3.05. The number of nitrogens with zero attached hydrogens (tertiary/aromatic N) is 3. The molecule has 1 aliphatic rings. The molecule has 28 heavy (non-hydrogen) atoms. The van der Waals surface area contributed by atoms with Gasteiger partial charge >= 0.3 is 0 Å². The van der Waals surface area contributed by atoms with Gasteiger partial charge in [-0.2, -0.15) is 0 Å². The largest absolute Gasteiger partial charge is 0.357 e.